The quantitative estimate of drug-likeness (QED) is 0.108. The van der Waals surface area contributed by atoms with Gasteiger partial charge in [-0.25, -0.2) is 44.9 Å². The van der Waals surface area contributed by atoms with E-state index in [0.29, 0.717) is 23.3 Å². The molecule has 0 saturated heterocycles. The molecule has 12 aromatic carbocycles. The molecule has 0 aliphatic heterocycles. The zero-order chi connectivity index (χ0) is 71.7. The first-order valence-electron chi connectivity index (χ1n) is 35.9. The van der Waals surface area contributed by atoms with Crippen LogP contribution in [0.2, 0.25) is 0 Å². The Labute approximate surface area is 622 Å². The minimum Gasteiger partial charge on any atom is -0.256 e. The molecule has 0 aliphatic carbocycles. The predicted octanol–water partition coefficient (Wildman–Crippen LogP) is 23.6. The van der Waals surface area contributed by atoms with E-state index < -0.39 is 0 Å². The van der Waals surface area contributed by atoms with Crippen molar-refractivity contribution >= 4 is 65.4 Å². The summed E-state index contributed by atoms with van der Waals surface area (Å²) in [4.78, 5) is 56.6. The van der Waals surface area contributed by atoms with Crippen LogP contribution >= 0.6 is 0 Å². The molecule has 0 fully saturated rings. The molecule has 20 aromatic rings. The molecule has 8 heterocycles. The first kappa shape index (κ1) is 64.1. The zero-order valence-electron chi connectivity index (χ0n) is 58.1. The summed E-state index contributed by atoms with van der Waals surface area (Å²) in [6.07, 6.45) is 3.69. The Morgan fingerprint density at radius 3 is 0.926 bits per heavy atom. The smallest absolute Gasteiger partial charge is 0.164 e. The fraction of sp³-hybridized carbons (Fsp3) is 0. The second kappa shape index (κ2) is 28.1. The second-order valence-corrected chi connectivity index (χ2v) is 26.5. The zero-order valence-corrected chi connectivity index (χ0v) is 58.1. The minimum atomic E-state index is 0.555. The number of hydrogen-bond donors (Lipinski definition) is 0. The van der Waals surface area contributed by atoms with Gasteiger partial charge in [0.15, 0.2) is 23.3 Å². The molecule has 0 aliphatic rings. The topological polar surface area (TPSA) is 142 Å². The summed E-state index contributed by atoms with van der Waals surface area (Å²) in [5.74, 6) is 2.33. The van der Waals surface area contributed by atoms with E-state index in [0.717, 1.165) is 177 Å². The van der Waals surface area contributed by atoms with Crippen LogP contribution in [-0.4, -0.2) is 54.8 Å². The van der Waals surface area contributed by atoms with Gasteiger partial charge in [-0.1, -0.05) is 303 Å². The summed E-state index contributed by atoms with van der Waals surface area (Å²) < 4.78 is 0. The monoisotopic (exact) mass is 1380 g/mol. The fourth-order valence-corrected chi connectivity index (χ4v) is 14.3. The number of para-hydroxylation sites is 2. The molecule has 20 rings (SSSR count). The average Bonchev–Trinajstić information content (AvgIpc) is 0.752. The Hall–Kier alpha value is -14.8. The van der Waals surface area contributed by atoms with Gasteiger partial charge in [0.2, 0.25) is 0 Å². The van der Waals surface area contributed by atoms with Crippen molar-refractivity contribution in [1.29, 1.82) is 0 Å². The number of rotatable bonds is 12. The predicted molar refractivity (Wildman–Crippen MR) is 439 cm³/mol. The number of nitrogens with zero attached hydrogens (tertiary/aromatic N) is 11. The molecule has 0 atom stereocenters. The lowest BCUT2D eigenvalue weighted by Gasteiger charge is -2.14. The van der Waals surface area contributed by atoms with Gasteiger partial charge in [-0.2, -0.15) is 0 Å². The molecule has 11 heteroatoms. The molecule has 0 amide bonds. The Bertz CT molecular complexity index is 6370. The van der Waals surface area contributed by atoms with E-state index in [1.165, 1.54) is 0 Å². The highest BCUT2D eigenvalue weighted by molar-refractivity contribution is 6.11. The highest BCUT2D eigenvalue weighted by Gasteiger charge is 2.22. The third-order valence-electron chi connectivity index (χ3n) is 19.7. The molecular weight excluding hydrogens is 1320 g/mol. The SMILES string of the molecule is c1ccc(-c2cc(-c3cccc(-c4cccc5cccnc45)c3)nc(-c3cc(-c4ccccc4)nc4c3ccc3ccc(-c5ccccc5)nc34)n2)cc1.c1ccc(-c2ccc3ccc4c(-c5nc(-c6ccccc6)nc(-c6cccc(-c7cccc8cccnc78)c6)n5)cc(-c5ccccc5)nc4c3n2)cc1. The average molecular weight is 1380 g/mol. The van der Waals surface area contributed by atoms with Crippen molar-refractivity contribution in [3.8, 4) is 135 Å². The lowest BCUT2D eigenvalue weighted by molar-refractivity contribution is 1.08. The minimum absolute atomic E-state index is 0.555. The molecule has 8 aromatic heterocycles. The Morgan fingerprint density at radius 1 is 0.148 bits per heavy atom. The standard InChI is InChI=1S/C49H31N5.C48H30N6/c1-4-13-32(14-5-1)42-27-25-36-24-26-40-41(30-43(33-15-6-2-7-16-33)52-48(40)47(36)51-42)49-53-44(34-17-8-3-9-18-34)31-45(54-49)38-21-10-20-37(29-38)39-23-11-19-35-22-12-28-50-46(35)39;1-4-13-31(14-5-1)41-27-25-34-24-26-39-40(30-42(32-15-6-2-7-16-32)51-45(39)44(34)50-41)48-53-46(35-17-8-3-9-18-35)52-47(54-48)37-21-10-20-36(29-37)38-23-11-19-33-22-12-28-49-43(33)38/h1-31H;1-30H. The van der Waals surface area contributed by atoms with Gasteiger partial charge in [-0.05, 0) is 65.7 Å². The largest absolute Gasteiger partial charge is 0.256 e. The van der Waals surface area contributed by atoms with Gasteiger partial charge in [-0.15, -0.1) is 0 Å². The van der Waals surface area contributed by atoms with Gasteiger partial charge in [0.1, 0.15) is 0 Å². The van der Waals surface area contributed by atoms with Gasteiger partial charge >= 0.3 is 0 Å². The van der Waals surface area contributed by atoms with Crippen molar-refractivity contribution in [2.24, 2.45) is 0 Å². The first-order chi connectivity index (χ1) is 53.5. The maximum Gasteiger partial charge on any atom is 0.164 e. The van der Waals surface area contributed by atoms with E-state index in [-0.39, 0.29) is 0 Å². The van der Waals surface area contributed by atoms with Crippen LogP contribution in [0.25, 0.3) is 201 Å². The number of aromatic nitrogens is 11. The van der Waals surface area contributed by atoms with E-state index in [2.05, 4.69) is 224 Å². The molecule has 504 valence electrons. The van der Waals surface area contributed by atoms with Crippen molar-refractivity contribution in [3.05, 3.63) is 370 Å². The number of fused-ring (bicyclic) bond motifs is 8. The van der Waals surface area contributed by atoms with Gasteiger partial charge in [0.25, 0.3) is 0 Å². The van der Waals surface area contributed by atoms with Crippen LogP contribution in [0.1, 0.15) is 0 Å². The van der Waals surface area contributed by atoms with Gasteiger partial charge < -0.3 is 0 Å². The molecule has 0 bridgehead atoms. The summed E-state index contributed by atoms with van der Waals surface area (Å²) in [7, 11) is 0. The van der Waals surface area contributed by atoms with Crippen LogP contribution in [0.3, 0.4) is 0 Å². The van der Waals surface area contributed by atoms with Crippen molar-refractivity contribution in [2.75, 3.05) is 0 Å². The van der Waals surface area contributed by atoms with Crippen LogP contribution in [0.5, 0.6) is 0 Å². The second-order valence-electron chi connectivity index (χ2n) is 26.5. The van der Waals surface area contributed by atoms with Crippen molar-refractivity contribution in [2.45, 2.75) is 0 Å². The molecule has 108 heavy (non-hydrogen) atoms. The van der Waals surface area contributed by atoms with E-state index in [1.54, 1.807) is 0 Å². The summed E-state index contributed by atoms with van der Waals surface area (Å²) in [5.41, 5.74) is 24.1. The Balaban J connectivity index is 0.000000147. The van der Waals surface area contributed by atoms with E-state index in [9.17, 15) is 0 Å². The molecule has 0 unspecified atom stereocenters. The summed E-state index contributed by atoms with van der Waals surface area (Å²) in [6, 6.07) is 122. The molecule has 0 saturated carbocycles. The van der Waals surface area contributed by atoms with Gasteiger partial charge in [0, 0.05) is 111 Å². The lowest BCUT2D eigenvalue weighted by Crippen LogP contribution is -2.02. The summed E-state index contributed by atoms with van der Waals surface area (Å²) in [5, 5.41) is 6.06. The summed E-state index contributed by atoms with van der Waals surface area (Å²) >= 11 is 0. The van der Waals surface area contributed by atoms with Crippen LogP contribution in [0, 0.1) is 0 Å². The van der Waals surface area contributed by atoms with Crippen molar-refractivity contribution < 1.29 is 0 Å². The normalized spacial score (nSPS) is 11.3. The maximum atomic E-state index is 5.35. The maximum absolute atomic E-state index is 5.35. The van der Waals surface area contributed by atoms with E-state index >= 15 is 0 Å². The van der Waals surface area contributed by atoms with Crippen LogP contribution in [0.15, 0.2) is 370 Å². The van der Waals surface area contributed by atoms with Crippen LogP contribution in [0.4, 0.5) is 0 Å². The van der Waals surface area contributed by atoms with E-state index in [1.807, 2.05) is 146 Å². The molecule has 0 radical (unpaired) electrons. The van der Waals surface area contributed by atoms with Gasteiger partial charge in [-0.3, -0.25) is 9.97 Å². The van der Waals surface area contributed by atoms with E-state index in [4.69, 9.17) is 54.8 Å². The van der Waals surface area contributed by atoms with Crippen LogP contribution in [-0.2, 0) is 0 Å². The number of pyridine rings is 6. The van der Waals surface area contributed by atoms with Crippen molar-refractivity contribution in [3.63, 3.8) is 0 Å². The Kier molecular flexibility index (Phi) is 16.7. The molecule has 0 spiro atoms. The molecule has 0 N–H and O–H groups in total. The van der Waals surface area contributed by atoms with Gasteiger partial charge in [0.05, 0.1) is 67.3 Å². The first-order valence-corrected chi connectivity index (χ1v) is 35.9. The number of hydrogen-bond acceptors (Lipinski definition) is 11. The highest BCUT2D eigenvalue weighted by atomic mass is 15.0. The highest BCUT2D eigenvalue weighted by Crippen LogP contribution is 2.41. The summed E-state index contributed by atoms with van der Waals surface area (Å²) in [6.45, 7) is 0. The Morgan fingerprint density at radius 2 is 0.463 bits per heavy atom. The third kappa shape index (κ3) is 12.5. The lowest BCUT2D eigenvalue weighted by atomic mass is 9.98. The fourth-order valence-electron chi connectivity index (χ4n) is 14.3. The van der Waals surface area contributed by atoms with Crippen molar-refractivity contribution in [1.82, 2.24) is 54.8 Å². The molecular formula is C97H61N11. The number of benzene rings is 12. The van der Waals surface area contributed by atoms with Crippen LogP contribution < -0.4 is 0 Å². The third-order valence-corrected chi connectivity index (χ3v) is 19.7. The molecule has 11 nitrogen and oxygen atoms in total.